The van der Waals surface area contributed by atoms with E-state index < -0.39 is 17.8 Å². The topological polar surface area (TPSA) is 133 Å². The fourth-order valence-electron chi connectivity index (χ4n) is 6.36. The number of H-pyrrole nitrogens is 1. The van der Waals surface area contributed by atoms with Crippen molar-refractivity contribution in [3.8, 4) is 5.69 Å². The van der Waals surface area contributed by atoms with Gasteiger partial charge in [0, 0.05) is 49.4 Å². The smallest absolute Gasteiger partial charge is 0.352 e. The molecule has 0 radical (unpaired) electrons. The number of aromatic amines is 1. The van der Waals surface area contributed by atoms with Crippen LogP contribution in [-0.4, -0.2) is 92.4 Å². The van der Waals surface area contributed by atoms with Gasteiger partial charge in [-0.15, -0.1) is 0 Å². The van der Waals surface area contributed by atoms with Gasteiger partial charge in [0.15, 0.2) is 5.82 Å². The summed E-state index contributed by atoms with van der Waals surface area (Å²) < 4.78 is 21.7. The normalized spacial score (nSPS) is 19.5. The van der Waals surface area contributed by atoms with Crippen LogP contribution >= 0.6 is 11.6 Å². The molecule has 2 aromatic carbocycles. The van der Waals surface area contributed by atoms with E-state index >= 15 is 0 Å². The fraction of sp³-hybridized carbons (Fsp3) is 0.355. The maximum absolute atomic E-state index is 14.8. The van der Waals surface area contributed by atoms with Crippen molar-refractivity contribution in [2.45, 2.75) is 44.4 Å². The Morgan fingerprint density at radius 1 is 1.11 bits per heavy atom. The van der Waals surface area contributed by atoms with Crippen molar-refractivity contribution in [1.82, 2.24) is 24.6 Å². The van der Waals surface area contributed by atoms with Crippen molar-refractivity contribution in [3.05, 3.63) is 76.5 Å². The molecule has 2 fully saturated rings. The number of carboxylic acids is 1. The van der Waals surface area contributed by atoms with Crippen LogP contribution in [0.2, 0.25) is 5.02 Å². The van der Waals surface area contributed by atoms with Crippen LogP contribution in [0.3, 0.4) is 0 Å². The van der Waals surface area contributed by atoms with Crippen LogP contribution in [0.25, 0.3) is 16.6 Å². The number of hydrogen-bond acceptors (Lipinski definition) is 6. The maximum Gasteiger partial charge on any atom is 0.352 e. The minimum atomic E-state index is -1.08. The monoisotopic (exact) mass is 622 g/mol. The van der Waals surface area contributed by atoms with E-state index in [4.69, 9.17) is 16.3 Å². The Morgan fingerprint density at radius 3 is 2.61 bits per heavy atom. The lowest BCUT2D eigenvalue weighted by Gasteiger charge is -2.38. The number of ether oxygens (including phenoxy) is 1. The molecule has 2 aliphatic rings. The molecular formula is C31H32ClFN6O5. The van der Waals surface area contributed by atoms with Crippen LogP contribution in [0.4, 0.5) is 10.1 Å². The predicted octanol–water partition coefficient (Wildman–Crippen LogP) is 4.49. The second-order valence-electron chi connectivity index (χ2n) is 11.2. The molecule has 0 unspecified atom stereocenters. The van der Waals surface area contributed by atoms with Gasteiger partial charge >= 0.3 is 5.97 Å². The van der Waals surface area contributed by atoms with E-state index in [1.165, 1.54) is 29.1 Å². The molecule has 13 heteroatoms. The largest absolute Gasteiger partial charge is 0.477 e. The second kappa shape index (κ2) is 12.0. The number of aromatic nitrogens is 3. The standard InChI is InChI=1S/C31H32ClFN6O5/c1-17-21(16-34-39(17)25-5-3-4-22(32)27(25)33)30(41)38-13-10-26(37-11-8-20(44-2)9-12-37)28(38)29(40)35-19-6-7-23-18(14-19)15-24(36-23)31(42)43/h3-7,14-16,20,26,28,36H,8-13H2,1-2H3,(H,35,40)(H,42,43)/t26-,28+/m0/s1. The van der Waals surface area contributed by atoms with Gasteiger partial charge in [-0.3, -0.25) is 14.5 Å². The van der Waals surface area contributed by atoms with Crippen molar-refractivity contribution < 1.29 is 28.6 Å². The van der Waals surface area contributed by atoms with Gasteiger partial charge in [0.1, 0.15) is 17.4 Å². The minimum Gasteiger partial charge on any atom is -0.477 e. The van der Waals surface area contributed by atoms with Crippen LogP contribution in [0.5, 0.6) is 0 Å². The first-order chi connectivity index (χ1) is 21.2. The summed E-state index contributed by atoms with van der Waals surface area (Å²) in [5.41, 5.74) is 1.96. The molecule has 2 saturated heterocycles. The molecule has 2 amide bonds. The van der Waals surface area contributed by atoms with Gasteiger partial charge in [-0.2, -0.15) is 5.10 Å². The molecule has 0 saturated carbocycles. The molecule has 2 atom stereocenters. The highest BCUT2D eigenvalue weighted by molar-refractivity contribution is 6.30. The van der Waals surface area contributed by atoms with Gasteiger partial charge in [0.2, 0.25) is 5.91 Å². The number of nitrogens with zero attached hydrogens (tertiary/aromatic N) is 4. The third-order valence-electron chi connectivity index (χ3n) is 8.69. The average Bonchev–Trinajstić information content (AvgIpc) is 3.75. The Hall–Kier alpha value is -4.26. The summed E-state index contributed by atoms with van der Waals surface area (Å²) in [7, 11) is 1.70. The summed E-state index contributed by atoms with van der Waals surface area (Å²) in [6.45, 7) is 3.48. The Balaban J connectivity index is 1.30. The van der Waals surface area contributed by atoms with Gasteiger partial charge in [-0.1, -0.05) is 17.7 Å². The van der Waals surface area contributed by atoms with E-state index in [9.17, 15) is 23.9 Å². The molecule has 0 spiro atoms. The fourth-order valence-corrected chi connectivity index (χ4v) is 6.53. The third-order valence-corrected chi connectivity index (χ3v) is 8.98. The van der Waals surface area contributed by atoms with Crippen LogP contribution in [-0.2, 0) is 9.53 Å². The lowest BCUT2D eigenvalue weighted by atomic mass is 10.00. The van der Waals surface area contributed by atoms with E-state index in [0.717, 1.165) is 25.9 Å². The van der Waals surface area contributed by atoms with Gasteiger partial charge < -0.3 is 25.0 Å². The zero-order valence-electron chi connectivity index (χ0n) is 24.2. The highest BCUT2D eigenvalue weighted by atomic mass is 35.5. The molecule has 2 aliphatic heterocycles. The van der Waals surface area contributed by atoms with Gasteiger partial charge in [0.05, 0.1) is 28.6 Å². The molecule has 0 bridgehead atoms. The van der Waals surface area contributed by atoms with Crippen LogP contribution in [0.15, 0.2) is 48.7 Å². The van der Waals surface area contributed by atoms with Crippen LogP contribution in [0.1, 0.15) is 45.8 Å². The number of rotatable bonds is 7. The first-order valence-electron chi connectivity index (χ1n) is 14.4. The van der Waals surface area contributed by atoms with E-state index in [0.29, 0.717) is 35.2 Å². The van der Waals surface area contributed by atoms with Crippen LogP contribution < -0.4 is 5.32 Å². The summed E-state index contributed by atoms with van der Waals surface area (Å²) >= 11 is 5.99. The number of fused-ring (bicyclic) bond motifs is 1. The summed E-state index contributed by atoms with van der Waals surface area (Å²) in [6, 6.07) is 10.1. The molecule has 3 N–H and O–H groups in total. The molecule has 11 nitrogen and oxygen atoms in total. The molecule has 0 aliphatic carbocycles. The predicted molar refractivity (Wildman–Crippen MR) is 162 cm³/mol. The lowest BCUT2D eigenvalue weighted by Crippen LogP contribution is -2.55. The molecule has 2 aromatic heterocycles. The Morgan fingerprint density at radius 2 is 1.89 bits per heavy atom. The molecule has 44 heavy (non-hydrogen) atoms. The summed E-state index contributed by atoms with van der Waals surface area (Å²) in [5, 5.41) is 17.2. The lowest BCUT2D eigenvalue weighted by molar-refractivity contribution is -0.121. The number of nitrogens with one attached hydrogen (secondary N) is 2. The number of methoxy groups -OCH3 is 1. The van der Waals surface area contributed by atoms with Crippen molar-refractivity contribution in [2.24, 2.45) is 0 Å². The summed E-state index contributed by atoms with van der Waals surface area (Å²) in [5.74, 6) is -2.46. The second-order valence-corrected chi connectivity index (χ2v) is 11.6. The van der Waals surface area contributed by atoms with Crippen molar-refractivity contribution in [3.63, 3.8) is 0 Å². The molecule has 4 aromatic rings. The number of carboxylic acid groups (broad SMARTS) is 1. The van der Waals surface area contributed by atoms with Crippen molar-refractivity contribution in [1.29, 1.82) is 0 Å². The van der Waals surface area contributed by atoms with E-state index in [1.807, 2.05) is 0 Å². The number of carbonyl (C=O) groups excluding carboxylic acids is 2. The third kappa shape index (κ3) is 5.44. The quantitative estimate of drug-likeness (QED) is 0.277. The number of likely N-dealkylation sites (tertiary alicyclic amines) is 2. The zero-order chi connectivity index (χ0) is 31.1. The number of carbonyl (C=O) groups is 3. The Labute approximate surface area is 257 Å². The molecular weight excluding hydrogens is 591 g/mol. The number of hydrogen-bond donors (Lipinski definition) is 3. The number of halogens is 2. The first-order valence-corrected chi connectivity index (χ1v) is 14.8. The molecule has 6 rings (SSSR count). The minimum absolute atomic E-state index is 0.0455. The molecule has 4 heterocycles. The van der Waals surface area contributed by atoms with Crippen molar-refractivity contribution >= 4 is 46.0 Å². The highest BCUT2D eigenvalue weighted by Crippen LogP contribution is 2.31. The SMILES string of the molecule is COC1CCN([C@H]2CCN(C(=O)c3cnn(-c4cccc(Cl)c4F)c3C)[C@H]2C(=O)Nc2ccc3[nH]c(C(=O)O)cc3c2)CC1. The number of anilines is 1. The number of benzene rings is 2. The number of amides is 2. The maximum atomic E-state index is 14.8. The zero-order valence-corrected chi connectivity index (χ0v) is 25.0. The average molecular weight is 623 g/mol. The van der Waals surface area contributed by atoms with Crippen molar-refractivity contribution in [2.75, 3.05) is 32.1 Å². The Bertz CT molecular complexity index is 1750. The van der Waals surface area contributed by atoms with Gasteiger partial charge in [0.25, 0.3) is 5.91 Å². The van der Waals surface area contributed by atoms with E-state index in [-0.39, 0.29) is 45.9 Å². The van der Waals surface area contributed by atoms with Crippen LogP contribution in [0, 0.1) is 12.7 Å². The number of aromatic carboxylic acids is 1. The summed E-state index contributed by atoms with van der Waals surface area (Å²) in [4.78, 5) is 46.2. The Kier molecular flexibility index (Phi) is 8.14. The molecule has 230 valence electrons. The summed E-state index contributed by atoms with van der Waals surface area (Å²) in [6.07, 6.45) is 3.78. The van der Waals surface area contributed by atoms with E-state index in [2.05, 4.69) is 20.3 Å². The van der Waals surface area contributed by atoms with Gasteiger partial charge in [-0.25, -0.2) is 13.9 Å². The highest BCUT2D eigenvalue weighted by Gasteiger charge is 2.46. The number of piperidine rings is 1. The van der Waals surface area contributed by atoms with E-state index in [1.54, 1.807) is 43.2 Å². The first kappa shape index (κ1) is 29.8. The van der Waals surface area contributed by atoms with Gasteiger partial charge in [-0.05, 0) is 62.6 Å².